The third kappa shape index (κ3) is 2.95. The molecule has 0 saturated heterocycles. The van der Waals surface area contributed by atoms with Gasteiger partial charge in [-0.15, -0.1) is 11.3 Å². The van der Waals surface area contributed by atoms with Gasteiger partial charge in [0.25, 0.3) is 0 Å². The van der Waals surface area contributed by atoms with Crippen molar-refractivity contribution in [2.75, 3.05) is 0 Å². The van der Waals surface area contributed by atoms with Crippen molar-refractivity contribution in [3.63, 3.8) is 0 Å². The number of carbonyl (C=O) groups excluding carboxylic acids is 1. The maximum Gasteiger partial charge on any atom is 0.345 e. The van der Waals surface area contributed by atoms with E-state index in [1.807, 2.05) is 0 Å². The normalized spacial score (nSPS) is 10.0. The molecule has 0 atom stereocenters. The molecule has 1 heterocycles. The zero-order valence-electron chi connectivity index (χ0n) is 9.33. The zero-order chi connectivity index (χ0) is 13.0. The number of ether oxygens (including phenoxy) is 1. The summed E-state index contributed by atoms with van der Waals surface area (Å²) in [5, 5.41) is 8.78. The highest BCUT2D eigenvalue weighted by Gasteiger charge is 2.07. The van der Waals surface area contributed by atoms with E-state index in [-0.39, 0.29) is 0 Å². The van der Waals surface area contributed by atoms with E-state index in [4.69, 9.17) is 9.84 Å². The van der Waals surface area contributed by atoms with E-state index in [0.29, 0.717) is 22.8 Å². The second-order valence-electron chi connectivity index (χ2n) is 3.55. The lowest BCUT2D eigenvalue weighted by molar-refractivity contribution is 0.0702. The van der Waals surface area contributed by atoms with Gasteiger partial charge >= 0.3 is 5.97 Å². The second kappa shape index (κ2) is 5.46. The summed E-state index contributed by atoms with van der Waals surface area (Å²) in [7, 11) is 0. The number of carboxylic acid groups (broad SMARTS) is 1. The third-order valence-electron chi connectivity index (χ3n) is 2.27. The van der Waals surface area contributed by atoms with Gasteiger partial charge in [-0.05, 0) is 36.4 Å². The Labute approximate surface area is 107 Å². The number of rotatable bonds is 5. The number of carboxylic acids is 1. The van der Waals surface area contributed by atoms with E-state index in [1.54, 1.807) is 36.4 Å². The van der Waals surface area contributed by atoms with Crippen molar-refractivity contribution in [1.82, 2.24) is 0 Å². The van der Waals surface area contributed by atoms with Crippen LogP contribution in [0.25, 0.3) is 0 Å². The number of thiophene rings is 1. The van der Waals surface area contributed by atoms with Gasteiger partial charge in [-0.3, -0.25) is 4.79 Å². The minimum atomic E-state index is -0.929. The third-order valence-corrected chi connectivity index (χ3v) is 3.32. The van der Waals surface area contributed by atoms with Crippen LogP contribution < -0.4 is 4.74 Å². The van der Waals surface area contributed by atoms with E-state index in [9.17, 15) is 9.59 Å². The Bertz CT molecular complexity index is 557. The Morgan fingerprint density at radius 1 is 1.22 bits per heavy atom. The molecule has 2 rings (SSSR count). The molecule has 18 heavy (non-hydrogen) atoms. The van der Waals surface area contributed by atoms with Crippen LogP contribution in [0.4, 0.5) is 0 Å². The number of hydrogen-bond acceptors (Lipinski definition) is 4. The molecule has 0 fully saturated rings. The summed E-state index contributed by atoms with van der Waals surface area (Å²) in [4.78, 5) is 22.3. The summed E-state index contributed by atoms with van der Waals surface area (Å²) >= 11 is 1.19. The maximum atomic E-state index is 10.7. The van der Waals surface area contributed by atoms with Crippen LogP contribution in [-0.4, -0.2) is 17.4 Å². The highest BCUT2D eigenvalue weighted by Crippen LogP contribution is 2.19. The molecule has 92 valence electrons. The fraction of sp³-hybridized carbons (Fsp3) is 0.0769. The van der Waals surface area contributed by atoms with Gasteiger partial charge in [0.05, 0.1) is 0 Å². The molecule has 4 nitrogen and oxygen atoms in total. The Hall–Kier alpha value is -2.14. The maximum absolute atomic E-state index is 10.7. The van der Waals surface area contributed by atoms with Gasteiger partial charge in [0.1, 0.15) is 23.5 Å². The molecule has 1 N–H and O–H groups in total. The number of benzene rings is 1. The molecule has 0 saturated carbocycles. The van der Waals surface area contributed by atoms with Gasteiger partial charge < -0.3 is 9.84 Å². The van der Waals surface area contributed by atoms with Gasteiger partial charge in [0, 0.05) is 10.4 Å². The summed E-state index contributed by atoms with van der Waals surface area (Å²) in [5.74, 6) is -0.285. The van der Waals surface area contributed by atoms with Crippen molar-refractivity contribution in [2.45, 2.75) is 6.61 Å². The highest BCUT2D eigenvalue weighted by molar-refractivity contribution is 7.13. The Morgan fingerprint density at radius 2 is 1.94 bits per heavy atom. The van der Waals surface area contributed by atoms with E-state index >= 15 is 0 Å². The molecule has 0 aliphatic carbocycles. The molecule has 0 aliphatic heterocycles. The first-order valence-electron chi connectivity index (χ1n) is 5.19. The Kier molecular flexibility index (Phi) is 3.74. The van der Waals surface area contributed by atoms with Crippen LogP contribution >= 0.6 is 11.3 Å². The van der Waals surface area contributed by atoms with Gasteiger partial charge in [0.15, 0.2) is 0 Å². The first-order valence-corrected chi connectivity index (χ1v) is 6.01. The average Bonchev–Trinajstić information content (AvgIpc) is 2.86. The van der Waals surface area contributed by atoms with Gasteiger partial charge in [-0.1, -0.05) is 0 Å². The van der Waals surface area contributed by atoms with Crippen LogP contribution in [0, 0.1) is 0 Å². The van der Waals surface area contributed by atoms with Crippen molar-refractivity contribution < 1.29 is 19.4 Å². The molecule has 1 aromatic carbocycles. The van der Waals surface area contributed by atoms with Gasteiger partial charge in [-0.25, -0.2) is 4.79 Å². The average molecular weight is 262 g/mol. The zero-order valence-corrected chi connectivity index (χ0v) is 10.1. The standard InChI is InChI=1S/C13H10O4S/c14-7-9-1-3-10(4-2-9)17-8-11-5-6-12(18-11)13(15)16/h1-7H,8H2,(H,15,16). The first kappa shape index (κ1) is 12.3. The van der Waals surface area contributed by atoms with Crippen molar-refractivity contribution in [1.29, 1.82) is 0 Å². The molecule has 0 amide bonds. The minimum absolute atomic E-state index is 0.296. The molecule has 0 radical (unpaired) electrons. The molecular weight excluding hydrogens is 252 g/mol. The number of carbonyl (C=O) groups is 2. The molecule has 0 unspecified atom stereocenters. The molecule has 0 spiro atoms. The predicted molar refractivity (Wildman–Crippen MR) is 67.4 cm³/mol. The fourth-order valence-electron chi connectivity index (χ4n) is 1.37. The van der Waals surface area contributed by atoms with Crippen molar-refractivity contribution in [3.05, 3.63) is 51.7 Å². The highest BCUT2D eigenvalue weighted by atomic mass is 32.1. The molecule has 1 aromatic heterocycles. The molecule has 5 heteroatoms. The van der Waals surface area contributed by atoms with Crippen molar-refractivity contribution in [2.24, 2.45) is 0 Å². The van der Waals surface area contributed by atoms with Crippen LogP contribution in [0.15, 0.2) is 36.4 Å². The Morgan fingerprint density at radius 3 is 2.50 bits per heavy atom. The van der Waals surface area contributed by atoms with E-state index < -0.39 is 5.97 Å². The van der Waals surface area contributed by atoms with Crippen LogP contribution in [0.5, 0.6) is 5.75 Å². The molecular formula is C13H10O4S. The van der Waals surface area contributed by atoms with Crippen molar-refractivity contribution >= 4 is 23.6 Å². The van der Waals surface area contributed by atoms with Gasteiger partial charge in [-0.2, -0.15) is 0 Å². The van der Waals surface area contributed by atoms with Crippen LogP contribution in [0.1, 0.15) is 24.9 Å². The van der Waals surface area contributed by atoms with E-state index in [1.165, 1.54) is 11.3 Å². The van der Waals surface area contributed by atoms with Crippen LogP contribution in [0.3, 0.4) is 0 Å². The molecule has 0 aliphatic rings. The lowest BCUT2D eigenvalue weighted by Gasteiger charge is -2.04. The number of aromatic carboxylic acids is 1. The monoisotopic (exact) mass is 262 g/mol. The second-order valence-corrected chi connectivity index (χ2v) is 4.72. The number of hydrogen-bond donors (Lipinski definition) is 1. The molecule has 2 aromatic rings. The summed E-state index contributed by atoms with van der Waals surface area (Å²) in [6.07, 6.45) is 0.766. The largest absolute Gasteiger partial charge is 0.488 e. The summed E-state index contributed by atoms with van der Waals surface area (Å²) < 4.78 is 5.49. The number of aldehydes is 1. The fourth-order valence-corrected chi connectivity index (χ4v) is 2.13. The predicted octanol–water partition coefficient (Wildman–Crippen LogP) is 2.84. The smallest absolute Gasteiger partial charge is 0.345 e. The van der Waals surface area contributed by atoms with Crippen LogP contribution in [0.2, 0.25) is 0 Å². The first-order chi connectivity index (χ1) is 8.69. The summed E-state index contributed by atoms with van der Waals surface area (Å²) in [6.45, 7) is 0.318. The van der Waals surface area contributed by atoms with Crippen molar-refractivity contribution in [3.8, 4) is 5.75 Å². The lowest BCUT2D eigenvalue weighted by atomic mass is 10.2. The van der Waals surface area contributed by atoms with Crippen LogP contribution in [-0.2, 0) is 6.61 Å². The SMILES string of the molecule is O=Cc1ccc(OCc2ccc(C(=O)O)s2)cc1. The Balaban J connectivity index is 1.97. The minimum Gasteiger partial charge on any atom is -0.488 e. The summed E-state index contributed by atoms with van der Waals surface area (Å²) in [5.41, 5.74) is 0.589. The lowest BCUT2D eigenvalue weighted by Crippen LogP contribution is -1.93. The quantitative estimate of drug-likeness (QED) is 0.841. The van der Waals surface area contributed by atoms with E-state index in [2.05, 4.69) is 0 Å². The van der Waals surface area contributed by atoms with E-state index in [0.717, 1.165) is 11.2 Å². The summed E-state index contributed by atoms with van der Waals surface area (Å²) in [6, 6.07) is 10.0. The molecule has 0 bridgehead atoms. The van der Waals surface area contributed by atoms with Gasteiger partial charge in [0.2, 0.25) is 0 Å². The topological polar surface area (TPSA) is 63.6 Å².